The Balaban J connectivity index is 1.85. The van der Waals surface area contributed by atoms with E-state index < -0.39 is 0 Å². The summed E-state index contributed by atoms with van der Waals surface area (Å²) in [5, 5.41) is 3.75. The van der Waals surface area contributed by atoms with Crippen molar-refractivity contribution in [1.29, 1.82) is 0 Å². The number of nitrogens with one attached hydrogen (secondary N) is 1. The Labute approximate surface area is 113 Å². The van der Waals surface area contributed by atoms with Crippen LogP contribution in [-0.2, 0) is 0 Å². The van der Waals surface area contributed by atoms with Crippen molar-refractivity contribution in [2.45, 2.75) is 76.7 Å². The monoisotopic (exact) mass is 249 g/mol. The van der Waals surface area contributed by atoms with Crippen LogP contribution in [0.15, 0.2) is 0 Å². The predicted molar refractivity (Wildman–Crippen MR) is 77.6 cm³/mol. The van der Waals surface area contributed by atoms with Crippen molar-refractivity contribution < 1.29 is 0 Å². The third-order valence-corrected chi connectivity index (χ3v) is 6.66. The minimum Gasteiger partial charge on any atom is -0.314 e. The molecule has 0 heterocycles. The average molecular weight is 249 g/mol. The van der Waals surface area contributed by atoms with E-state index in [1.54, 1.807) is 6.42 Å². The predicted octanol–water partition coefficient (Wildman–Crippen LogP) is 4.37. The molecule has 0 amide bonds. The standard InChI is InChI=1S/C17H31N/c1-17(18-2)12-15-9-4-3-7-13(15)11-14-8-5-6-10-16(14)17/h13-16,18H,3-12H2,1-2H3. The maximum absolute atomic E-state index is 3.75. The second-order valence-electron chi connectivity index (χ2n) is 7.56. The van der Waals surface area contributed by atoms with Crippen LogP contribution < -0.4 is 5.32 Å². The number of hydrogen-bond acceptors (Lipinski definition) is 1. The minimum absolute atomic E-state index is 0.432. The second kappa shape index (κ2) is 5.15. The van der Waals surface area contributed by atoms with E-state index in [1.807, 2.05) is 0 Å². The lowest BCUT2D eigenvalue weighted by molar-refractivity contribution is 0.117. The largest absolute Gasteiger partial charge is 0.314 e. The van der Waals surface area contributed by atoms with E-state index in [4.69, 9.17) is 0 Å². The Morgan fingerprint density at radius 3 is 2.17 bits per heavy atom. The lowest BCUT2D eigenvalue weighted by Gasteiger charge is -2.43. The molecule has 0 radical (unpaired) electrons. The van der Waals surface area contributed by atoms with E-state index in [2.05, 4.69) is 19.3 Å². The lowest BCUT2D eigenvalue weighted by atomic mass is 9.68. The first-order valence-electron chi connectivity index (χ1n) is 8.42. The van der Waals surface area contributed by atoms with Gasteiger partial charge in [0.2, 0.25) is 0 Å². The Morgan fingerprint density at radius 2 is 1.44 bits per heavy atom. The summed E-state index contributed by atoms with van der Waals surface area (Å²) < 4.78 is 0. The molecule has 0 bridgehead atoms. The molecular formula is C17H31N. The van der Waals surface area contributed by atoms with Gasteiger partial charge in [-0.15, -0.1) is 0 Å². The van der Waals surface area contributed by atoms with Gasteiger partial charge in [0.25, 0.3) is 0 Å². The van der Waals surface area contributed by atoms with Gasteiger partial charge in [0, 0.05) is 5.54 Å². The van der Waals surface area contributed by atoms with Crippen molar-refractivity contribution in [1.82, 2.24) is 5.32 Å². The lowest BCUT2D eigenvalue weighted by Crippen LogP contribution is -2.50. The summed E-state index contributed by atoms with van der Waals surface area (Å²) in [5.74, 6) is 4.09. The van der Waals surface area contributed by atoms with E-state index in [0.717, 1.165) is 23.7 Å². The summed E-state index contributed by atoms with van der Waals surface area (Å²) in [5.41, 5.74) is 0.432. The summed E-state index contributed by atoms with van der Waals surface area (Å²) >= 11 is 0. The smallest absolute Gasteiger partial charge is 0.0183 e. The number of fused-ring (bicyclic) bond motifs is 2. The van der Waals surface area contributed by atoms with E-state index in [-0.39, 0.29) is 0 Å². The molecule has 0 aromatic carbocycles. The molecule has 1 nitrogen and oxygen atoms in total. The molecule has 104 valence electrons. The highest BCUT2D eigenvalue weighted by molar-refractivity contribution is 5.00. The van der Waals surface area contributed by atoms with Crippen LogP contribution in [-0.4, -0.2) is 12.6 Å². The van der Waals surface area contributed by atoms with Crippen molar-refractivity contribution in [2.75, 3.05) is 7.05 Å². The zero-order valence-corrected chi connectivity index (χ0v) is 12.4. The van der Waals surface area contributed by atoms with Crippen LogP contribution in [0.1, 0.15) is 71.1 Å². The summed E-state index contributed by atoms with van der Waals surface area (Å²) in [6.45, 7) is 2.53. The van der Waals surface area contributed by atoms with E-state index >= 15 is 0 Å². The van der Waals surface area contributed by atoms with Gasteiger partial charge in [0.15, 0.2) is 0 Å². The first-order chi connectivity index (χ1) is 8.73. The van der Waals surface area contributed by atoms with E-state index in [9.17, 15) is 0 Å². The molecule has 3 rings (SSSR count). The highest BCUT2D eigenvalue weighted by Gasteiger charge is 2.46. The fourth-order valence-electron chi connectivity index (χ4n) is 5.56. The van der Waals surface area contributed by atoms with Crippen LogP contribution in [0.2, 0.25) is 0 Å². The van der Waals surface area contributed by atoms with Gasteiger partial charge < -0.3 is 5.32 Å². The summed E-state index contributed by atoms with van der Waals surface area (Å²) in [7, 11) is 2.22. The van der Waals surface area contributed by atoms with Crippen molar-refractivity contribution in [3.63, 3.8) is 0 Å². The Bertz CT molecular complexity index is 287. The maximum atomic E-state index is 3.75. The summed E-state index contributed by atoms with van der Waals surface area (Å²) in [4.78, 5) is 0. The van der Waals surface area contributed by atoms with Crippen LogP contribution in [0.3, 0.4) is 0 Å². The van der Waals surface area contributed by atoms with Crippen molar-refractivity contribution in [3.8, 4) is 0 Å². The normalized spacial score (nSPS) is 49.0. The maximum Gasteiger partial charge on any atom is 0.0183 e. The molecule has 18 heavy (non-hydrogen) atoms. The van der Waals surface area contributed by atoms with Gasteiger partial charge in [-0.3, -0.25) is 0 Å². The van der Waals surface area contributed by atoms with Gasteiger partial charge in [-0.25, -0.2) is 0 Å². The third-order valence-electron chi connectivity index (χ3n) is 6.66. The average Bonchev–Trinajstić information content (AvgIpc) is 2.53. The number of rotatable bonds is 1. The summed E-state index contributed by atoms with van der Waals surface area (Å²) in [6, 6.07) is 0. The molecule has 5 atom stereocenters. The molecule has 3 saturated carbocycles. The molecule has 0 aliphatic heterocycles. The summed E-state index contributed by atoms with van der Waals surface area (Å²) in [6.07, 6.45) is 15.1. The highest BCUT2D eigenvalue weighted by Crippen LogP contribution is 2.51. The zero-order chi connectivity index (χ0) is 12.6. The quantitative estimate of drug-likeness (QED) is 0.727. The minimum atomic E-state index is 0.432. The Kier molecular flexibility index (Phi) is 3.71. The third kappa shape index (κ3) is 2.24. The molecule has 3 fully saturated rings. The van der Waals surface area contributed by atoms with Crippen LogP contribution in [0.5, 0.6) is 0 Å². The van der Waals surface area contributed by atoms with Gasteiger partial charge >= 0.3 is 0 Å². The molecular weight excluding hydrogens is 218 g/mol. The van der Waals surface area contributed by atoms with Gasteiger partial charge in [-0.1, -0.05) is 44.9 Å². The van der Waals surface area contributed by atoms with E-state index in [0.29, 0.717) is 5.54 Å². The molecule has 5 unspecified atom stereocenters. The number of hydrogen-bond donors (Lipinski definition) is 1. The Hall–Kier alpha value is -0.0400. The first kappa shape index (κ1) is 13.0. The molecule has 3 aliphatic rings. The van der Waals surface area contributed by atoms with Gasteiger partial charge in [-0.2, -0.15) is 0 Å². The molecule has 3 aliphatic carbocycles. The molecule has 1 N–H and O–H groups in total. The van der Waals surface area contributed by atoms with Crippen molar-refractivity contribution >= 4 is 0 Å². The topological polar surface area (TPSA) is 12.0 Å². The first-order valence-corrected chi connectivity index (χ1v) is 8.42. The molecule has 0 aromatic heterocycles. The molecule has 0 spiro atoms. The Morgan fingerprint density at radius 1 is 0.833 bits per heavy atom. The molecule has 1 heteroatoms. The van der Waals surface area contributed by atoms with Gasteiger partial charge in [0.05, 0.1) is 0 Å². The second-order valence-corrected chi connectivity index (χ2v) is 7.56. The van der Waals surface area contributed by atoms with Crippen LogP contribution >= 0.6 is 0 Å². The van der Waals surface area contributed by atoms with Gasteiger partial charge in [-0.05, 0) is 56.9 Å². The van der Waals surface area contributed by atoms with Gasteiger partial charge in [0.1, 0.15) is 0 Å². The SMILES string of the molecule is CNC1(C)CC2CCCCC2CC2CCCCC21. The van der Waals surface area contributed by atoms with Crippen LogP contribution in [0.4, 0.5) is 0 Å². The van der Waals surface area contributed by atoms with Crippen molar-refractivity contribution in [3.05, 3.63) is 0 Å². The fourth-order valence-corrected chi connectivity index (χ4v) is 5.56. The zero-order valence-electron chi connectivity index (χ0n) is 12.4. The highest BCUT2D eigenvalue weighted by atomic mass is 14.9. The molecule has 0 aromatic rings. The fraction of sp³-hybridized carbons (Fsp3) is 1.00. The van der Waals surface area contributed by atoms with Crippen molar-refractivity contribution in [2.24, 2.45) is 23.7 Å². The van der Waals surface area contributed by atoms with Crippen LogP contribution in [0, 0.1) is 23.7 Å². The van der Waals surface area contributed by atoms with Crippen LogP contribution in [0.25, 0.3) is 0 Å². The van der Waals surface area contributed by atoms with E-state index in [1.165, 1.54) is 57.8 Å². The molecule has 0 saturated heterocycles.